The van der Waals surface area contributed by atoms with Gasteiger partial charge in [-0.05, 0) is 68.3 Å². The van der Waals surface area contributed by atoms with Crippen LogP contribution in [0.4, 0.5) is 5.95 Å². The first-order valence-corrected chi connectivity index (χ1v) is 7.85. The van der Waals surface area contributed by atoms with Crippen molar-refractivity contribution >= 4 is 5.95 Å². The van der Waals surface area contributed by atoms with E-state index in [0.29, 0.717) is 11.8 Å². The van der Waals surface area contributed by atoms with Crippen LogP contribution in [0.15, 0.2) is 30.6 Å². The summed E-state index contributed by atoms with van der Waals surface area (Å²) in [7, 11) is 0. The van der Waals surface area contributed by atoms with Crippen molar-refractivity contribution in [2.24, 2.45) is 17.6 Å². The molecule has 1 aromatic carbocycles. The Hall–Kier alpha value is -2.08. The molecule has 1 fully saturated rings. The highest BCUT2D eigenvalue weighted by Crippen LogP contribution is 2.28. The van der Waals surface area contributed by atoms with Crippen LogP contribution < -0.4 is 16.2 Å². The summed E-state index contributed by atoms with van der Waals surface area (Å²) < 4.78 is 7.56. The van der Waals surface area contributed by atoms with E-state index in [2.05, 4.69) is 10.1 Å². The van der Waals surface area contributed by atoms with E-state index < -0.39 is 0 Å². The van der Waals surface area contributed by atoms with Gasteiger partial charge in [-0.1, -0.05) is 0 Å². The zero-order valence-corrected chi connectivity index (χ0v) is 12.7. The van der Waals surface area contributed by atoms with Gasteiger partial charge in [0.2, 0.25) is 5.95 Å². The van der Waals surface area contributed by atoms with Gasteiger partial charge in [-0.25, -0.2) is 9.67 Å². The average Bonchev–Trinajstić information content (AvgIpc) is 3.00. The predicted molar refractivity (Wildman–Crippen MR) is 85.8 cm³/mol. The van der Waals surface area contributed by atoms with Crippen LogP contribution in [0.25, 0.3) is 5.69 Å². The number of nitrogens with zero attached hydrogens (tertiary/aromatic N) is 3. The van der Waals surface area contributed by atoms with Crippen LogP contribution in [-0.4, -0.2) is 27.9 Å². The van der Waals surface area contributed by atoms with Gasteiger partial charge in [0.05, 0.1) is 12.3 Å². The van der Waals surface area contributed by atoms with Crippen molar-refractivity contribution in [2.75, 3.05) is 18.9 Å². The SMILES string of the molecule is NCC1CCC(COc2ccc(-n3cnc(N)n3)cc2)CC1. The van der Waals surface area contributed by atoms with Gasteiger partial charge in [0, 0.05) is 0 Å². The minimum absolute atomic E-state index is 0.272. The molecule has 3 rings (SSSR count). The van der Waals surface area contributed by atoms with Crippen LogP contribution in [0.1, 0.15) is 25.7 Å². The Labute approximate surface area is 130 Å². The van der Waals surface area contributed by atoms with E-state index in [1.54, 1.807) is 11.0 Å². The van der Waals surface area contributed by atoms with Crippen LogP contribution in [0.5, 0.6) is 5.75 Å². The Bertz CT molecular complexity index is 587. The molecule has 22 heavy (non-hydrogen) atoms. The number of nitrogens with two attached hydrogens (primary N) is 2. The lowest BCUT2D eigenvalue weighted by atomic mass is 9.82. The van der Waals surface area contributed by atoms with Crippen molar-refractivity contribution in [3.63, 3.8) is 0 Å². The number of rotatable bonds is 5. The lowest BCUT2D eigenvalue weighted by Crippen LogP contribution is -2.24. The maximum atomic E-state index is 5.91. The van der Waals surface area contributed by atoms with Gasteiger partial charge < -0.3 is 16.2 Å². The standard InChI is InChI=1S/C16H23N5O/c17-9-12-1-3-13(4-2-12)10-22-15-7-5-14(6-8-15)21-11-19-16(18)20-21/h5-8,11-13H,1-4,9-10,17H2,(H2,18,20). The molecule has 0 radical (unpaired) electrons. The van der Waals surface area contributed by atoms with Gasteiger partial charge >= 0.3 is 0 Å². The summed E-state index contributed by atoms with van der Waals surface area (Å²) >= 11 is 0. The van der Waals surface area contributed by atoms with Gasteiger partial charge in [-0.15, -0.1) is 5.10 Å². The van der Waals surface area contributed by atoms with Gasteiger partial charge in [-0.2, -0.15) is 0 Å². The molecule has 1 aromatic heterocycles. The third kappa shape index (κ3) is 3.57. The second-order valence-electron chi connectivity index (χ2n) is 5.97. The van der Waals surface area contributed by atoms with Crippen LogP contribution in [-0.2, 0) is 0 Å². The zero-order valence-electron chi connectivity index (χ0n) is 12.7. The van der Waals surface area contributed by atoms with Crippen molar-refractivity contribution in [3.8, 4) is 11.4 Å². The van der Waals surface area contributed by atoms with Gasteiger partial charge in [0.1, 0.15) is 12.1 Å². The Morgan fingerprint density at radius 2 is 1.77 bits per heavy atom. The molecule has 0 atom stereocenters. The summed E-state index contributed by atoms with van der Waals surface area (Å²) in [5, 5.41) is 4.08. The van der Waals surface area contributed by atoms with Crippen LogP contribution in [0.3, 0.4) is 0 Å². The molecular formula is C16H23N5O. The van der Waals surface area contributed by atoms with E-state index in [1.165, 1.54) is 25.7 Å². The highest BCUT2D eigenvalue weighted by molar-refractivity contribution is 5.37. The molecule has 0 amide bonds. The molecule has 1 aliphatic carbocycles. The Kier molecular flexibility index (Phi) is 4.58. The zero-order chi connectivity index (χ0) is 15.4. The molecule has 6 heteroatoms. The fourth-order valence-corrected chi connectivity index (χ4v) is 2.94. The molecule has 2 aromatic rings. The number of hydrogen-bond donors (Lipinski definition) is 2. The fourth-order valence-electron chi connectivity index (χ4n) is 2.94. The highest BCUT2D eigenvalue weighted by atomic mass is 16.5. The number of aromatic nitrogens is 3. The highest BCUT2D eigenvalue weighted by Gasteiger charge is 2.20. The van der Waals surface area contributed by atoms with E-state index in [0.717, 1.165) is 24.6 Å². The molecule has 6 nitrogen and oxygen atoms in total. The molecule has 1 heterocycles. The first-order valence-electron chi connectivity index (χ1n) is 7.85. The smallest absolute Gasteiger partial charge is 0.239 e. The summed E-state index contributed by atoms with van der Waals surface area (Å²) in [5.41, 5.74) is 12.2. The number of ether oxygens (including phenoxy) is 1. The van der Waals surface area contributed by atoms with E-state index >= 15 is 0 Å². The van der Waals surface area contributed by atoms with Crippen molar-refractivity contribution in [2.45, 2.75) is 25.7 Å². The molecule has 4 N–H and O–H groups in total. The molecular weight excluding hydrogens is 278 g/mol. The van der Waals surface area contributed by atoms with E-state index in [1.807, 2.05) is 24.3 Å². The second-order valence-corrected chi connectivity index (χ2v) is 5.97. The summed E-state index contributed by atoms with van der Waals surface area (Å²) in [6, 6.07) is 7.82. The minimum atomic E-state index is 0.272. The third-order valence-corrected chi connectivity index (χ3v) is 4.40. The Balaban J connectivity index is 1.51. The Morgan fingerprint density at radius 1 is 1.09 bits per heavy atom. The van der Waals surface area contributed by atoms with E-state index in [-0.39, 0.29) is 5.95 Å². The van der Waals surface area contributed by atoms with E-state index in [9.17, 15) is 0 Å². The minimum Gasteiger partial charge on any atom is -0.493 e. The van der Waals surface area contributed by atoms with Gasteiger partial charge in [0.25, 0.3) is 0 Å². The molecule has 0 spiro atoms. The van der Waals surface area contributed by atoms with Crippen LogP contribution >= 0.6 is 0 Å². The summed E-state index contributed by atoms with van der Waals surface area (Å²) in [6.45, 7) is 1.61. The summed E-state index contributed by atoms with van der Waals surface area (Å²) in [6.07, 6.45) is 6.51. The quantitative estimate of drug-likeness (QED) is 0.881. The van der Waals surface area contributed by atoms with Crippen molar-refractivity contribution in [1.29, 1.82) is 0 Å². The maximum absolute atomic E-state index is 5.91. The first kappa shape index (κ1) is 14.8. The number of hydrogen-bond acceptors (Lipinski definition) is 5. The topological polar surface area (TPSA) is 92.0 Å². The monoisotopic (exact) mass is 301 g/mol. The lowest BCUT2D eigenvalue weighted by Gasteiger charge is -2.27. The number of nitrogen functional groups attached to an aromatic ring is 1. The van der Waals surface area contributed by atoms with Crippen molar-refractivity contribution in [3.05, 3.63) is 30.6 Å². The average molecular weight is 301 g/mol. The first-order chi connectivity index (χ1) is 10.7. The fraction of sp³-hybridized carbons (Fsp3) is 0.500. The molecule has 0 bridgehead atoms. The lowest BCUT2D eigenvalue weighted by molar-refractivity contribution is 0.185. The molecule has 0 saturated heterocycles. The molecule has 0 aliphatic heterocycles. The second kappa shape index (κ2) is 6.79. The summed E-state index contributed by atoms with van der Waals surface area (Å²) in [4.78, 5) is 3.92. The van der Waals surface area contributed by atoms with Crippen molar-refractivity contribution in [1.82, 2.24) is 14.8 Å². The number of anilines is 1. The maximum Gasteiger partial charge on any atom is 0.239 e. The normalized spacial score (nSPS) is 21.7. The Morgan fingerprint density at radius 3 is 2.36 bits per heavy atom. The summed E-state index contributed by atoms with van der Waals surface area (Å²) in [5.74, 6) is 2.52. The molecule has 1 aliphatic rings. The number of benzene rings is 1. The van der Waals surface area contributed by atoms with Crippen LogP contribution in [0, 0.1) is 11.8 Å². The van der Waals surface area contributed by atoms with Gasteiger partial charge in [-0.3, -0.25) is 0 Å². The van der Waals surface area contributed by atoms with Gasteiger partial charge in [0.15, 0.2) is 0 Å². The third-order valence-electron chi connectivity index (χ3n) is 4.40. The van der Waals surface area contributed by atoms with Crippen LogP contribution in [0.2, 0.25) is 0 Å². The van der Waals surface area contributed by atoms with Crippen molar-refractivity contribution < 1.29 is 4.74 Å². The largest absolute Gasteiger partial charge is 0.493 e. The van der Waals surface area contributed by atoms with E-state index in [4.69, 9.17) is 16.2 Å². The molecule has 0 unspecified atom stereocenters. The predicted octanol–water partition coefficient (Wildman–Crippen LogP) is 1.99. The molecule has 118 valence electrons. The molecule has 1 saturated carbocycles.